The third-order valence-electron chi connectivity index (χ3n) is 3.32. The van der Waals surface area contributed by atoms with Crippen LogP contribution >= 0.6 is 15.9 Å². The second-order valence-corrected chi connectivity index (χ2v) is 6.02. The van der Waals surface area contributed by atoms with Gasteiger partial charge in [0.1, 0.15) is 12.0 Å². The van der Waals surface area contributed by atoms with Crippen LogP contribution in [0.3, 0.4) is 0 Å². The van der Waals surface area contributed by atoms with Crippen molar-refractivity contribution in [3.05, 3.63) is 51.1 Å². The minimum absolute atomic E-state index is 0.145. The molecule has 9 heteroatoms. The van der Waals surface area contributed by atoms with E-state index < -0.39 is 11.6 Å². The minimum Gasteiger partial charge on any atom is -0.308 e. The van der Waals surface area contributed by atoms with E-state index in [2.05, 4.69) is 41.6 Å². The summed E-state index contributed by atoms with van der Waals surface area (Å²) in [6.07, 6.45) is 2.73. The third-order valence-corrected chi connectivity index (χ3v) is 3.81. The molecule has 0 spiro atoms. The number of nitrogens with one attached hydrogen (secondary N) is 3. The van der Waals surface area contributed by atoms with Crippen LogP contribution in [0.4, 0.5) is 16.2 Å². The highest BCUT2D eigenvalue weighted by atomic mass is 79.9. The second kappa shape index (κ2) is 6.83. The largest absolute Gasteiger partial charge is 0.323 e. The zero-order chi connectivity index (χ0) is 17.1. The number of aryl methyl sites for hydroxylation is 1. The molecule has 0 atom stereocenters. The van der Waals surface area contributed by atoms with Crippen LogP contribution in [0.25, 0.3) is 5.78 Å². The van der Waals surface area contributed by atoms with Crippen molar-refractivity contribution in [2.45, 2.75) is 19.8 Å². The van der Waals surface area contributed by atoms with Crippen LogP contribution in [-0.2, 0) is 6.42 Å². The second-order valence-electron chi connectivity index (χ2n) is 5.10. The Balaban J connectivity index is 1.90. The number of nitrogens with zero attached hydrogens (tertiary/aromatic N) is 3. The molecule has 124 valence electrons. The fraction of sp³-hybridized carbons (Fsp3) is 0.200. The van der Waals surface area contributed by atoms with Crippen molar-refractivity contribution >= 4 is 39.1 Å². The smallest absolute Gasteiger partial charge is 0.308 e. The van der Waals surface area contributed by atoms with Crippen molar-refractivity contribution in [1.82, 2.24) is 19.6 Å². The molecule has 0 aliphatic rings. The van der Waals surface area contributed by atoms with E-state index in [4.69, 9.17) is 0 Å². The summed E-state index contributed by atoms with van der Waals surface area (Å²) in [6.45, 7) is 1.97. The molecule has 3 rings (SSSR count). The van der Waals surface area contributed by atoms with E-state index in [1.165, 1.54) is 10.8 Å². The number of fused-ring (bicyclic) bond motifs is 1. The number of anilines is 2. The van der Waals surface area contributed by atoms with Crippen molar-refractivity contribution in [3.8, 4) is 0 Å². The van der Waals surface area contributed by atoms with Crippen LogP contribution in [0.1, 0.15) is 19.0 Å². The van der Waals surface area contributed by atoms with Gasteiger partial charge in [-0.15, -0.1) is 0 Å². The van der Waals surface area contributed by atoms with Crippen LogP contribution in [-0.4, -0.2) is 25.6 Å². The number of carbonyl (C=O) groups is 1. The highest BCUT2D eigenvalue weighted by Gasteiger charge is 2.16. The summed E-state index contributed by atoms with van der Waals surface area (Å²) in [5, 5.41) is 7.97. The molecule has 2 aromatic heterocycles. The molecule has 0 saturated carbocycles. The average molecular weight is 391 g/mol. The van der Waals surface area contributed by atoms with Gasteiger partial charge in [-0.25, -0.2) is 14.8 Å². The Morgan fingerprint density at radius 2 is 2.21 bits per heavy atom. The van der Waals surface area contributed by atoms with Gasteiger partial charge in [-0.2, -0.15) is 4.52 Å². The number of benzene rings is 1. The molecule has 0 unspecified atom stereocenters. The number of halogens is 1. The van der Waals surface area contributed by atoms with Gasteiger partial charge in [0, 0.05) is 10.2 Å². The van der Waals surface area contributed by atoms with Gasteiger partial charge in [-0.1, -0.05) is 35.3 Å². The predicted molar refractivity (Wildman–Crippen MR) is 94.4 cm³/mol. The average Bonchev–Trinajstić information content (AvgIpc) is 3.00. The molecule has 3 aromatic rings. The Morgan fingerprint density at radius 3 is 2.96 bits per heavy atom. The first-order valence-corrected chi connectivity index (χ1v) is 8.16. The first kappa shape index (κ1) is 16.2. The molecule has 0 fully saturated rings. The minimum atomic E-state index is -0.510. The summed E-state index contributed by atoms with van der Waals surface area (Å²) in [7, 11) is 0. The van der Waals surface area contributed by atoms with Crippen LogP contribution in [0.5, 0.6) is 0 Å². The molecule has 0 aliphatic carbocycles. The van der Waals surface area contributed by atoms with Gasteiger partial charge in [0.15, 0.2) is 0 Å². The molecule has 2 amide bonds. The lowest BCUT2D eigenvalue weighted by Crippen LogP contribution is -2.28. The molecular weight excluding hydrogens is 376 g/mol. The highest BCUT2D eigenvalue weighted by molar-refractivity contribution is 9.10. The number of amides is 2. The quantitative estimate of drug-likeness (QED) is 0.636. The first-order valence-electron chi connectivity index (χ1n) is 7.37. The van der Waals surface area contributed by atoms with Gasteiger partial charge in [-0.05, 0) is 24.6 Å². The third kappa shape index (κ3) is 3.30. The zero-order valence-electron chi connectivity index (χ0n) is 12.8. The molecule has 0 radical (unpaired) electrons. The molecule has 24 heavy (non-hydrogen) atoms. The van der Waals surface area contributed by atoms with Gasteiger partial charge < -0.3 is 10.6 Å². The lowest BCUT2D eigenvalue weighted by atomic mass is 10.2. The Labute approximate surface area is 145 Å². The lowest BCUT2D eigenvalue weighted by molar-refractivity contribution is 0.262. The molecular formula is C15H15BrN6O2. The topological polar surface area (TPSA) is 104 Å². The lowest BCUT2D eigenvalue weighted by Gasteiger charge is -2.10. The first-order chi connectivity index (χ1) is 11.6. The van der Waals surface area contributed by atoms with E-state index in [-0.39, 0.29) is 11.5 Å². The fourth-order valence-corrected chi connectivity index (χ4v) is 2.68. The van der Waals surface area contributed by atoms with Crippen LogP contribution in [0.15, 0.2) is 39.9 Å². The van der Waals surface area contributed by atoms with E-state index in [0.717, 1.165) is 10.9 Å². The van der Waals surface area contributed by atoms with Gasteiger partial charge >= 0.3 is 6.03 Å². The van der Waals surface area contributed by atoms with Crippen molar-refractivity contribution in [3.63, 3.8) is 0 Å². The predicted octanol–water partition coefficient (Wildman–Crippen LogP) is 2.78. The Bertz CT molecular complexity index is 949. The van der Waals surface area contributed by atoms with Crippen LogP contribution in [0, 0.1) is 0 Å². The van der Waals surface area contributed by atoms with Crippen molar-refractivity contribution in [1.29, 1.82) is 0 Å². The maximum atomic E-state index is 12.5. The van der Waals surface area contributed by atoms with E-state index in [1.807, 2.05) is 13.0 Å². The molecule has 3 N–H and O–H groups in total. The van der Waals surface area contributed by atoms with Crippen LogP contribution in [0.2, 0.25) is 0 Å². The number of urea groups is 1. The fourth-order valence-electron chi connectivity index (χ4n) is 2.29. The van der Waals surface area contributed by atoms with Gasteiger partial charge in [0.05, 0.1) is 5.69 Å². The number of hydrogen-bond donors (Lipinski definition) is 3. The number of aromatic amines is 1. The monoisotopic (exact) mass is 390 g/mol. The zero-order valence-corrected chi connectivity index (χ0v) is 14.4. The maximum Gasteiger partial charge on any atom is 0.323 e. The molecule has 2 heterocycles. The van der Waals surface area contributed by atoms with E-state index >= 15 is 0 Å². The summed E-state index contributed by atoms with van der Waals surface area (Å²) in [5.41, 5.74) is 0.866. The summed E-state index contributed by atoms with van der Waals surface area (Å²) in [5.74, 6) is 0.279. The standard InChI is InChI=1S/C15H15BrN6O2/c1-2-4-11-12(13(23)22-14(20-11)17-8-18-22)21-15(24)19-10-6-3-5-9(16)7-10/h3,5-8H,2,4H2,1H3,(H,17,18,20)(H2,19,21,24). The van der Waals surface area contributed by atoms with Crippen molar-refractivity contribution in [2.75, 3.05) is 10.6 Å². The number of H-pyrrole nitrogens is 1. The van der Waals surface area contributed by atoms with Crippen LogP contribution < -0.4 is 16.2 Å². The molecule has 0 bridgehead atoms. The molecule has 0 saturated heterocycles. The Kier molecular flexibility index (Phi) is 4.61. The van der Waals surface area contributed by atoms with Gasteiger partial charge in [0.2, 0.25) is 0 Å². The van der Waals surface area contributed by atoms with Gasteiger partial charge in [0.25, 0.3) is 11.3 Å². The normalized spacial score (nSPS) is 10.8. The summed E-state index contributed by atoms with van der Waals surface area (Å²) >= 11 is 3.34. The summed E-state index contributed by atoms with van der Waals surface area (Å²) < 4.78 is 2.03. The van der Waals surface area contributed by atoms with Crippen molar-refractivity contribution < 1.29 is 4.79 Å². The number of hydrogen-bond acceptors (Lipinski definition) is 4. The molecule has 0 aliphatic heterocycles. The highest BCUT2D eigenvalue weighted by Crippen LogP contribution is 2.16. The Morgan fingerprint density at radius 1 is 1.38 bits per heavy atom. The summed E-state index contributed by atoms with van der Waals surface area (Å²) in [4.78, 5) is 33.1. The van der Waals surface area contributed by atoms with Crippen molar-refractivity contribution in [2.24, 2.45) is 0 Å². The SMILES string of the molecule is CCCc1nc2nc[nH]n2c(=O)c1NC(=O)Nc1cccc(Br)c1. The van der Waals surface area contributed by atoms with E-state index in [0.29, 0.717) is 17.8 Å². The van der Waals surface area contributed by atoms with E-state index in [9.17, 15) is 9.59 Å². The number of carbonyl (C=O) groups excluding carboxylic acids is 1. The Hall–Kier alpha value is -2.68. The number of aromatic nitrogens is 4. The molecule has 1 aromatic carbocycles. The maximum absolute atomic E-state index is 12.5. The van der Waals surface area contributed by atoms with E-state index in [1.54, 1.807) is 18.2 Å². The van der Waals surface area contributed by atoms with Gasteiger partial charge in [-0.3, -0.25) is 9.89 Å². The summed E-state index contributed by atoms with van der Waals surface area (Å²) in [6, 6.07) is 6.65. The number of rotatable bonds is 4. The molecule has 8 nitrogen and oxygen atoms in total.